The van der Waals surface area contributed by atoms with E-state index in [1.165, 1.54) is 16.7 Å². The van der Waals surface area contributed by atoms with E-state index in [1.807, 2.05) is 17.8 Å². The fraction of sp³-hybridized carbons (Fsp3) is 0.444. The summed E-state index contributed by atoms with van der Waals surface area (Å²) in [5, 5.41) is 10.8. The Labute approximate surface area is 138 Å². The number of nitrogens with zero attached hydrogens (tertiary/aromatic N) is 3. The standard InChI is InChI=1S/C18H27N5/c1-5-19-18(21-13-17-7-9-22-23(17)4)20-8-6-16-11-14(2)10-15(3)12-16/h7,9-12H,5-6,8,13H2,1-4H3,(H2,19,20,21). The van der Waals surface area contributed by atoms with Crippen molar-refractivity contribution in [1.82, 2.24) is 20.4 Å². The third-order valence-corrected chi connectivity index (χ3v) is 3.65. The highest BCUT2D eigenvalue weighted by Crippen LogP contribution is 2.09. The van der Waals surface area contributed by atoms with Crippen LogP contribution in [0.15, 0.2) is 35.5 Å². The van der Waals surface area contributed by atoms with Crippen molar-refractivity contribution in [1.29, 1.82) is 0 Å². The topological polar surface area (TPSA) is 54.2 Å². The van der Waals surface area contributed by atoms with Crippen molar-refractivity contribution in [3.05, 3.63) is 52.8 Å². The van der Waals surface area contributed by atoms with E-state index in [9.17, 15) is 0 Å². The van der Waals surface area contributed by atoms with Crippen LogP contribution < -0.4 is 10.6 Å². The molecule has 0 saturated heterocycles. The fourth-order valence-corrected chi connectivity index (χ4v) is 2.60. The molecule has 1 aromatic carbocycles. The van der Waals surface area contributed by atoms with Crippen LogP contribution in [-0.2, 0) is 20.0 Å². The number of aliphatic imine (C=N–C) groups is 1. The van der Waals surface area contributed by atoms with Crippen LogP contribution in [0.2, 0.25) is 0 Å². The number of hydrogen-bond donors (Lipinski definition) is 2. The molecule has 5 heteroatoms. The van der Waals surface area contributed by atoms with Gasteiger partial charge < -0.3 is 10.6 Å². The van der Waals surface area contributed by atoms with Crippen LogP contribution in [0.5, 0.6) is 0 Å². The van der Waals surface area contributed by atoms with Gasteiger partial charge in [0.25, 0.3) is 0 Å². The van der Waals surface area contributed by atoms with E-state index in [-0.39, 0.29) is 0 Å². The molecule has 124 valence electrons. The molecular formula is C18H27N5. The summed E-state index contributed by atoms with van der Waals surface area (Å²) in [6, 6.07) is 8.68. The molecule has 0 bridgehead atoms. The van der Waals surface area contributed by atoms with Crippen LogP contribution in [0.25, 0.3) is 0 Å². The Kier molecular flexibility index (Phi) is 6.20. The molecule has 2 N–H and O–H groups in total. The lowest BCUT2D eigenvalue weighted by Gasteiger charge is -2.12. The average Bonchev–Trinajstić information content (AvgIpc) is 2.89. The van der Waals surface area contributed by atoms with Crippen molar-refractivity contribution in [3.63, 3.8) is 0 Å². The number of hydrogen-bond acceptors (Lipinski definition) is 2. The smallest absolute Gasteiger partial charge is 0.191 e. The first-order valence-corrected chi connectivity index (χ1v) is 8.14. The predicted molar refractivity (Wildman–Crippen MR) is 95.6 cm³/mol. The van der Waals surface area contributed by atoms with Crippen molar-refractivity contribution in [3.8, 4) is 0 Å². The number of nitrogens with one attached hydrogen (secondary N) is 2. The summed E-state index contributed by atoms with van der Waals surface area (Å²) in [7, 11) is 1.94. The molecule has 0 spiro atoms. The molecule has 0 radical (unpaired) electrons. The van der Waals surface area contributed by atoms with Crippen molar-refractivity contribution in [2.75, 3.05) is 13.1 Å². The Hall–Kier alpha value is -2.30. The molecule has 2 aromatic rings. The fourth-order valence-electron chi connectivity index (χ4n) is 2.60. The number of aryl methyl sites for hydroxylation is 3. The van der Waals surface area contributed by atoms with Gasteiger partial charge in [-0.2, -0.15) is 5.10 Å². The minimum absolute atomic E-state index is 0.620. The summed E-state index contributed by atoms with van der Waals surface area (Å²) in [4.78, 5) is 4.62. The maximum Gasteiger partial charge on any atom is 0.191 e. The highest BCUT2D eigenvalue weighted by atomic mass is 15.3. The Morgan fingerprint density at radius 1 is 1.17 bits per heavy atom. The first kappa shape index (κ1) is 17.1. The van der Waals surface area contributed by atoms with Crippen molar-refractivity contribution in [2.24, 2.45) is 12.0 Å². The number of rotatable bonds is 6. The molecule has 1 heterocycles. The van der Waals surface area contributed by atoms with Crippen molar-refractivity contribution < 1.29 is 0 Å². The van der Waals surface area contributed by atoms with E-state index in [1.54, 1.807) is 6.20 Å². The summed E-state index contributed by atoms with van der Waals surface area (Å²) >= 11 is 0. The van der Waals surface area contributed by atoms with Crippen molar-refractivity contribution >= 4 is 5.96 Å². The average molecular weight is 313 g/mol. The second-order valence-electron chi connectivity index (χ2n) is 5.81. The van der Waals surface area contributed by atoms with Gasteiger partial charge in [-0.25, -0.2) is 4.99 Å². The van der Waals surface area contributed by atoms with Gasteiger partial charge in [-0.15, -0.1) is 0 Å². The zero-order chi connectivity index (χ0) is 16.7. The van der Waals surface area contributed by atoms with E-state index in [4.69, 9.17) is 0 Å². The zero-order valence-electron chi connectivity index (χ0n) is 14.6. The molecule has 0 fully saturated rings. The highest BCUT2D eigenvalue weighted by Gasteiger charge is 2.01. The molecule has 0 aliphatic heterocycles. The van der Waals surface area contributed by atoms with E-state index >= 15 is 0 Å². The molecule has 0 amide bonds. The third-order valence-electron chi connectivity index (χ3n) is 3.65. The largest absolute Gasteiger partial charge is 0.357 e. The predicted octanol–water partition coefficient (Wildman–Crippen LogP) is 2.33. The second-order valence-corrected chi connectivity index (χ2v) is 5.81. The normalized spacial score (nSPS) is 11.6. The quantitative estimate of drug-likeness (QED) is 0.636. The van der Waals surface area contributed by atoms with Gasteiger partial charge in [0.2, 0.25) is 0 Å². The molecule has 0 atom stereocenters. The van der Waals surface area contributed by atoms with E-state index in [0.717, 1.165) is 31.2 Å². The Balaban J connectivity index is 1.90. The van der Waals surface area contributed by atoms with Gasteiger partial charge in [0.05, 0.1) is 12.2 Å². The van der Waals surface area contributed by atoms with E-state index in [0.29, 0.717) is 6.54 Å². The van der Waals surface area contributed by atoms with Crippen LogP contribution in [-0.4, -0.2) is 28.8 Å². The van der Waals surface area contributed by atoms with Gasteiger partial charge in [-0.3, -0.25) is 4.68 Å². The van der Waals surface area contributed by atoms with E-state index < -0.39 is 0 Å². The van der Waals surface area contributed by atoms with Gasteiger partial charge in [0.15, 0.2) is 5.96 Å². The first-order valence-electron chi connectivity index (χ1n) is 8.14. The Bertz CT molecular complexity index is 637. The monoisotopic (exact) mass is 313 g/mol. The minimum atomic E-state index is 0.620. The van der Waals surface area contributed by atoms with E-state index in [2.05, 4.69) is 59.7 Å². The summed E-state index contributed by atoms with van der Waals surface area (Å²) in [5.74, 6) is 0.845. The summed E-state index contributed by atoms with van der Waals surface area (Å²) in [6.07, 6.45) is 2.78. The van der Waals surface area contributed by atoms with Crippen LogP contribution in [0.4, 0.5) is 0 Å². The Morgan fingerprint density at radius 3 is 2.52 bits per heavy atom. The Morgan fingerprint density at radius 2 is 1.91 bits per heavy atom. The molecule has 0 aliphatic rings. The van der Waals surface area contributed by atoms with Gasteiger partial charge in [0.1, 0.15) is 0 Å². The van der Waals surface area contributed by atoms with Gasteiger partial charge in [-0.1, -0.05) is 29.3 Å². The zero-order valence-corrected chi connectivity index (χ0v) is 14.6. The lowest BCUT2D eigenvalue weighted by molar-refractivity contribution is 0.707. The molecule has 0 saturated carbocycles. The van der Waals surface area contributed by atoms with Crippen LogP contribution in [0.3, 0.4) is 0 Å². The van der Waals surface area contributed by atoms with Crippen LogP contribution >= 0.6 is 0 Å². The molecule has 0 unspecified atom stereocenters. The first-order chi connectivity index (χ1) is 11.1. The molecule has 1 aromatic heterocycles. The SMILES string of the molecule is CCNC(=NCc1ccnn1C)NCCc1cc(C)cc(C)c1. The lowest BCUT2D eigenvalue weighted by Crippen LogP contribution is -2.38. The third kappa shape index (κ3) is 5.43. The maximum atomic E-state index is 4.62. The lowest BCUT2D eigenvalue weighted by atomic mass is 10.1. The minimum Gasteiger partial charge on any atom is -0.357 e. The van der Waals surface area contributed by atoms with Crippen molar-refractivity contribution in [2.45, 2.75) is 33.7 Å². The van der Waals surface area contributed by atoms with Gasteiger partial charge in [-0.05, 0) is 38.8 Å². The number of guanidine groups is 1. The number of aromatic nitrogens is 2. The summed E-state index contributed by atoms with van der Waals surface area (Å²) < 4.78 is 1.85. The highest BCUT2D eigenvalue weighted by molar-refractivity contribution is 5.79. The van der Waals surface area contributed by atoms with Gasteiger partial charge in [0, 0.05) is 26.3 Å². The summed E-state index contributed by atoms with van der Waals surface area (Å²) in [5.41, 5.74) is 5.09. The molecule has 23 heavy (non-hydrogen) atoms. The maximum absolute atomic E-state index is 4.62. The molecule has 2 rings (SSSR count). The van der Waals surface area contributed by atoms with Crippen LogP contribution in [0.1, 0.15) is 29.3 Å². The second kappa shape index (κ2) is 8.36. The molecular weight excluding hydrogens is 286 g/mol. The summed E-state index contributed by atoms with van der Waals surface area (Å²) in [6.45, 7) is 8.69. The van der Waals surface area contributed by atoms with Crippen LogP contribution in [0, 0.1) is 13.8 Å². The molecule has 0 aliphatic carbocycles. The number of benzene rings is 1. The molecule has 5 nitrogen and oxygen atoms in total. The van der Waals surface area contributed by atoms with Gasteiger partial charge >= 0.3 is 0 Å².